The van der Waals surface area contributed by atoms with Gasteiger partial charge in [-0.3, -0.25) is 14.5 Å². The second-order valence-corrected chi connectivity index (χ2v) is 7.80. The van der Waals surface area contributed by atoms with E-state index in [0.717, 1.165) is 38.0 Å². The first-order valence-electron chi connectivity index (χ1n) is 9.83. The van der Waals surface area contributed by atoms with Gasteiger partial charge in [0.15, 0.2) is 0 Å². The van der Waals surface area contributed by atoms with Gasteiger partial charge in [0.2, 0.25) is 0 Å². The van der Waals surface area contributed by atoms with Crippen molar-refractivity contribution in [3.05, 3.63) is 87.9 Å². The van der Waals surface area contributed by atoms with Gasteiger partial charge in [0.05, 0.1) is 18.8 Å². The van der Waals surface area contributed by atoms with E-state index in [1.165, 1.54) is 16.7 Å². The summed E-state index contributed by atoms with van der Waals surface area (Å²) < 4.78 is 7.90. The van der Waals surface area contributed by atoms with E-state index in [0.29, 0.717) is 13.2 Å². The molecule has 1 spiro atoms. The SMILES string of the molecule is O=c1[nH]ccn1Cc1ccc(CN2CCC3(CC2)OCc2ccncc23)cc1. The first kappa shape index (κ1) is 17.4. The van der Waals surface area contributed by atoms with Crippen LogP contribution in [0.4, 0.5) is 0 Å². The fourth-order valence-corrected chi connectivity index (χ4v) is 4.42. The fourth-order valence-electron chi connectivity index (χ4n) is 4.42. The molecule has 5 rings (SSSR count). The van der Waals surface area contributed by atoms with Crippen LogP contribution in [0.25, 0.3) is 0 Å². The standard InChI is InChI=1S/C22H24N4O2/c27-21-24-9-12-26(21)15-18-3-1-17(2-4-18)14-25-10-6-22(7-11-25)20-13-23-8-5-19(20)16-28-22/h1-5,8-9,12-13H,6-7,10-11,14-16H2,(H,24,27). The number of pyridine rings is 1. The predicted octanol–water partition coefficient (Wildman–Crippen LogP) is 2.64. The molecule has 144 valence electrons. The second-order valence-electron chi connectivity index (χ2n) is 7.80. The zero-order chi connectivity index (χ0) is 19.0. The minimum Gasteiger partial charge on any atom is -0.365 e. The van der Waals surface area contributed by atoms with Crippen molar-refractivity contribution in [1.29, 1.82) is 0 Å². The van der Waals surface area contributed by atoms with Crippen molar-refractivity contribution in [3.8, 4) is 0 Å². The van der Waals surface area contributed by atoms with E-state index in [-0.39, 0.29) is 11.3 Å². The van der Waals surface area contributed by atoms with Gasteiger partial charge in [-0.05, 0) is 35.6 Å². The maximum absolute atomic E-state index is 11.6. The van der Waals surface area contributed by atoms with Gasteiger partial charge in [-0.2, -0.15) is 0 Å². The largest absolute Gasteiger partial charge is 0.365 e. The molecule has 1 aromatic carbocycles. The Balaban J connectivity index is 1.20. The molecule has 0 radical (unpaired) electrons. The van der Waals surface area contributed by atoms with Crippen LogP contribution in [0.15, 0.2) is 59.9 Å². The Kier molecular flexibility index (Phi) is 4.37. The second kappa shape index (κ2) is 7.04. The van der Waals surface area contributed by atoms with E-state index in [1.54, 1.807) is 17.0 Å². The minimum absolute atomic E-state index is 0.0720. The minimum atomic E-state index is -0.131. The lowest BCUT2D eigenvalue weighted by molar-refractivity contribution is -0.0800. The Labute approximate surface area is 163 Å². The van der Waals surface area contributed by atoms with Crippen LogP contribution in [-0.2, 0) is 30.0 Å². The van der Waals surface area contributed by atoms with E-state index in [9.17, 15) is 4.79 Å². The first-order chi connectivity index (χ1) is 13.7. The maximum atomic E-state index is 11.6. The lowest BCUT2D eigenvalue weighted by Gasteiger charge is -2.39. The van der Waals surface area contributed by atoms with Crippen molar-refractivity contribution >= 4 is 0 Å². The number of piperidine rings is 1. The molecule has 4 heterocycles. The number of nitrogens with one attached hydrogen (secondary N) is 1. The van der Waals surface area contributed by atoms with Crippen LogP contribution < -0.4 is 5.69 Å². The summed E-state index contributed by atoms with van der Waals surface area (Å²) in [6, 6.07) is 10.6. The molecule has 6 nitrogen and oxygen atoms in total. The van der Waals surface area contributed by atoms with E-state index < -0.39 is 0 Å². The van der Waals surface area contributed by atoms with Gasteiger partial charge in [-0.25, -0.2) is 4.79 Å². The zero-order valence-electron chi connectivity index (χ0n) is 15.8. The number of aromatic amines is 1. The van der Waals surface area contributed by atoms with Crippen LogP contribution in [0.3, 0.4) is 0 Å². The molecule has 3 aromatic rings. The topological polar surface area (TPSA) is 63.2 Å². The molecule has 2 aliphatic rings. The van der Waals surface area contributed by atoms with E-state index in [4.69, 9.17) is 4.74 Å². The molecule has 0 atom stereocenters. The molecule has 1 fully saturated rings. The highest BCUT2D eigenvalue weighted by Gasteiger charge is 2.42. The third-order valence-electron chi connectivity index (χ3n) is 6.07. The summed E-state index contributed by atoms with van der Waals surface area (Å²) in [5, 5.41) is 0. The summed E-state index contributed by atoms with van der Waals surface area (Å²) in [4.78, 5) is 21.1. The average Bonchev–Trinajstić information content (AvgIpc) is 3.30. The number of hydrogen-bond donors (Lipinski definition) is 1. The maximum Gasteiger partial charge on any atom is 0.325 e. The molecule has 1 saturated heterocycles. The summed E-state index contributed by atoms with van der Waals surface area (Å²) in [5.74, 6) is 0. The summed E-state index contributed by atoms with van der Waals surface area (Å²) in [6.45, 7) is 4.30. The highest BCUT2D eigenvalue weighted by molar-refractivity contribution is 5.33. The summed E-state index contributed by atoms with van der Waals surface area (Å²) in [6.07, 6.45) is 9.32. The molecule has 0 unspecified atom stereocenters. The molecule has 6 heteroatoms. The molecule has 2 aliphatic heterocycles. The van der Waals surface area contributed by atoms with E-state index in [2.05, 4.69) is 45.2 Å². The number of likely N-dealkylation sites (tertiary alicyclic amines) is 1. The number of H-pyrrole nitrogens is 1. The Morgan fingerprint density at radius 3 is 2.54 bits per heavy atom. The molecule has 0 amide bonds. The highest BCUT2D eigenvalue weighted by Crippen LogP contribution is 2.43. The van der Waals surface area contributed by atoms with Crippen LogP contribution in [0, 0.1) is 0 Å². The molecular weight excluding hydrogens is 352 g/mol. The number of hydrogen-bond acceptors (Lipinski definition) is 4. The molecule has 28 heavy (non-hydrogen) atoms. The van der Waals surface area contributed by atoms with Gasteiger partial charge in [0, 0.05) is 50.0 Å². The Morgan fingerprint density at radius 1 is 1.07 bits per heavy atom. The Bertz CT molecular complexity index is 1010. The summed E-state index contributed by atoms with van der Waals surface area (Å²) >= 11 is 0. The van der Waals surface area contributed by atoms with Gasteiger partial charge < -0.3 is 9.72 Å². The number of rotatable bonds is 4. The van der Waals surface area contributed by atoms with Crippen LogP contribution in [-0.4, -0.2) is 32.5 Å². The van der Waals surface area contributed by atoms with E-state index in [1.807, 2.05) is 12.4 Å². The number of fused-ring (bicyclic) bond motifs is 2. The van der Waals surface area contributed by atoms with E-state index >= 15 is 0 Å². The third kappa shape index (κ3) is 3.19. The first-order valence-corrected chi connectivity index (χ1v) is 9.83. The highest BCUT2D eigenvalue weighted by atomic mass is 16.5. The summed E-state index contributed by atoms with van der Waals surface area (Å²) in [7, 11) is 0. The lowest BCUT2D eigenvalue weighted by Crippen LogP contribution is -2.42. The molecule has 0 saturated carbocycles. The van der Waals surface area contributed by atoms with Crippen molar-refractivity contribution in [1.82, 2.24) is 19.4 Å². The monoisotopic (exact) mass is 376 g/mol. The van der Waals surface area contributed by atoms with Crippen LogP contribution in [0.2, 0.25) is 0 Å². The van der Waals surface area contributed by atoms with Crippen LogP contribution >= 0.6 is 0 Å². The van der Waals surface area contributed by atoms with Gasteiger partial charge in [0.25, 0.3) is 0 Å². The average molecular weight is 376 g/mol. The normalized spacial score (nSPS) is 18.4. The smallest absolute Gasteiger partial charge is 0.325 e. The Morgan fingerprint density at radius 2 is 1.82 bits per heavy atom. The van der Waals surface area contributed by atoms with Crippen LogP contribution in [0.1, 0.15) is 35.1 Å². The lowest BCUT2D eigenvalue weighted by atomic mass is 9.84. The van der Waals surface area contributed by atoms with Crippen molar-refractivity contribution in [2.24, 2.45) is 0 Å². The molecule has 0 aliphatic carbocycles. The number of ether oxygens (including phenoxy) is 1. The van der Waals surface area contributed by atoms with Crippen molar-refractivity contribution in [3.63, 3.8) is 0 Å². The van der Waals surface area contributed by atoms with Crippen molar-refractivity contribution in [2.75, 3.05) is 13.1 Å². The quantitative estimate of drug-likeness (QED) is 0.760. The fraction of sp³-hybridized carbons (Fsp3) is 0.364. The molecular formula is C22H24N4O2. The Hall–Kier alpha value is -2.70. The van der Waals surface area contributed by atoms with Gasteiger partial charge in [-0.1, -0.05) is 24.3 Å². The van der Waals surface area contributed by atoms with Crippen molar-refractivity contribution in [2.45, 2.75) is 38.1 Å². The molecule has 0 bridgehead atoms. The molecule has 2 aromatic heterocycles. The van der Waals surface area contributed by atoms with Crippen molar-refractivity contribution < 1.29 is 4.74 Å². The summed E-state index contributed by atoms with van der Waals surface area (Å²) in [5.41, 5.74) is 4.81. The zero-order valence-corrected chi connectivity index (χ0v) is 15.8. The van der Waals surface area contributed by atoms with Crippen LogP contribution in [0.5, 0.6) is 0 Å². The number of benzene rings is 1. The van der Waals surface area contributed by atoms with Gasteiger partial charge in [0.1, 0.15) is 0 Å². The molecule has 1 N–H and O–H groups in total. The third-order valence-corrected chi connectivity index (χ3v) is 6.07. The number of aromatic nitrogens is 3. The predicted molar refractivity (Wildman–Crippen MR) is 106 cm³/mol. The number of imidazole rings is 1. The van der Waals surface area contributed by atoms with Gasteiger partial charge in [-0.15, -0.1) is 0 Å². The van der Waals surface area contributed by atoms with Gasteiger partial charge >= 0.3 is 5.69 Å². The number of nitrogens with zero attached hydrogens (tertiary/aromatic N) is 3.